The molecule has 0 rings (SSSR count). The first-order valence-electron chi connectivity index (χ1n) is 6.44. The molecule has 4 heteroatoms. The minimum absolute atomic E-state index is 0.0120. The maximum atomic E-state index is 11.9. The number of carbonyl (C=O) groups is 1. The second-order valence-corrected chi connectivity index (χ2v) is 5.77. The first-order chi connectivity index (χ1) is 7.82. The molecule has 4 N–H and O–H groups in total. The van der Waals surface area contributed by atoms with Gasteiger partial charge in [0, 0.05) is 18.6 Å². The SMILES string of the molecule is CC(CCCN)C(=O)NC(CCO)C(C)(C)C. The third-order valence-electron chi connectivity index (χ3n) is 3.07. The third-order valence-corrected chi connectivity index (χ3v) is 3.07. The molecule has 0 spiro atoms. The van der Waals surface area contributed by atoms with Crippen LogP contribution in [0.2, 0.25) is 0 Å². The molecule has 0 aliphatic heterocycles. The molecule has 0 fully saturated rings. The Labute approximate surface area is 105 Å². The summed E-state index contributed by atoms with van der Waals surface area (Å²) in [7, 11) is 0. The minimum Gasteiger partial charge on any atom is -0.396 e. The molecule has 1 amide bonds. The highest BCUT2D eigenvalue weighted by Crippen LogP contribution is 2.22. The van der Waals surface area contributed by atoms with E-state index in [1.165, 1.54) is 0 Å². The van der Waals surface area contributed by atoms with Gasteiger partial charge in [0.2, 0.25) is 5.91 Å². The molecule has 0 aromatic heterocycles. The lowest BCUT2D eigenvalue weighted by atomic mass is 9.84. The van der Waals surface area contributed by atoms with Gasteiger partial charge in [-0.1, -0.05) is 27.7 Å². The number of nitrogens with one attached hydrogen (secondary N) is 1. The molecule has 17 heavy (non-hydrogen) atoms. The average Bonchev–Trinajstić information content (AvgIpc) is 2.23. The highest BCUT2D eigenvalue weighted by atomic mass is 16.3. The van der Waals surface area contributed by atoms with Crippen LogP contribution in [0.4, 0.5) is 0 Å². The topological polar surface area (TPSA) is 75.4 Å². The van der Waals surface area contributed by atoms with E-state index in [0.29, 0.717) is 13.0 Å². The van der Waals surface area contributed by atoms with Crippen molar-refractivity contribution in [1.82, 2.24) is 5.32 Å². The fraction of sp³-hybridized carbons (Fsp3) is 0.923. The molecule has 2 atom stereocenters. The van der Waals surface area contributed by atoms with Crippen LogP contribution in [0.15, 0.2) is 0 Å². The minimum atomic E-state index is -0.0357. The van der Waals surface area contributed by atoms with Gasteiger partial charge in [-0.25, -0.2) is 0 Å². The molecule has 0 aromatic carbocycles. The van der Waals surface area contributed by atoms with Crippen molar-refractivity contribution in [3.05, 3.63) is 0 Å². The van der Waals surface area contributed by atoms with Gasteiger partial charge in [-0.2, -0.15) is 0 Å². The van der Waals surface area contributed by atoms with Gasteiger partial charge in [0.15, 0.2) is 0 Å². The summed E-state index contributed by atoms with van der Waals surface area (Å²) < 4.78 is 0. The molecular weight excluding hydrogens is 216 g/mol. The van der Waals surface area contributed by atoms with Gasteiger partial charge < -0.3 is 16.2 Å². The molecule has 0 aliphatic rings. The summed E-state index contributed by atoms with van der Waals surface area (Å²) in [6.07, 6.45) is 2.28. The lowest BCUT2D eigenvalue weighted by Crippen LogP contribution is -2.46. The Balaban J connectivity index is 4.30. The largest absolute Gasteiger partial charge is 0.396 e. The van der Waals surface area contributed by atoms with Crippen LogP contribution in [0.3, 0.4) is 0 Å². The highest BCUT2D eigenvalue weighted by molar-refractivity contribution is 5.78. The van der Waals surface area contributed by atoms with Gasteiger partial charge >= 0.3 is 0 Å². The summed E-state index contributed by atoms with van der Waals surface area (Å²) in [6, 6.07) is 0.0142. The second-order valence-electron chi connectivity index (χ2n) is 5.77. The van der Waals surface area contributed by atoms with Crippen LogP contribution < -0.4 is 11.1 Å². The van der Waals surface area contributed by atoms with Gasteiger partial charge in [-0.05, 0) is 31.2 Å². The van der Waals surface area contributed by atoms with Gasteiger partial charge in [-0.3, -0.25) is 4.79 Å². The number of aliphatic hydroxyl groups is 1. The third kappa shape index (κ3) is 6.64. The summed E-state index contributed by atoms with van der Waals surface area (Å²) in [5, 5.41) is 12.1. The second kappa shape index (κ2) is 7.67. The van der Waals surface area contributed by atoms with Crippen molar-refractivity contribution in [3.8, 4) is 0 Å². The Bertz CT molecular complexity index is 224. The van der Waals surface area contributed by atoms with E-state index in [2.05, 4.69) is 26.1 Å². The molecule has 102 valence electrons. The van der Waals surface area contributed by atoms with Crippen molar-refractivity contribution in [2.75, 3.05) is 13.2 Å². The average molecular weight is 244 g/mol. The Morgan fingerprint density at radius 2 is 1.94 bits per heavy atom. The molecule has 0 saturated carbocycles. The smallest absolute Gasteiger partial charge is 0.223 e. The molecule has 0 heterocycles. The molecule has 0 saturated heterocycles. The summed E-state index contributed by atoms with van der Waals surface area (Å²) in [5.41, 5.74) is 5.39. The van der Waals surface area contributed by atoms with E-state index >= 15 is 0 Å². The molecule has 0 bridgehead atoms. The van der Waals surface area contributed by atoms with Gasteiger partial charge in [-0.15, -0.1) is 0 Å². The van der Waals surface area contributed by atoms with E-state index in [1.807, 2.05) is 6.92 Å². The van der Waals surface area contributed by atoms with Crippen LogP contribution in [0.25, 0.3) is 0 Å². The van der Waals surface area contributed by atoms with E-state index in [-0.39, 0.29) is 29.9 Å². The number of rotatable bonds is 7. The standard InChI is InChI=1S/C13H28N2O2/c1-10(6-5-8-14)12(17)15-11(7-9-16)13(2,3)4/h10-11,16H,5-9,14H2,1-4H3,(H,15,17). The van der Waals surface area contributed by atoms with Crippen molar-refractivity contribution in [3.63, 3.8) is 0 Å². The number of aliphatic hydroxyl groups excluding tert-OH is 1. The van der Waals surface area contributed by atoms with Gasteiger partial charge in [0.05, 0.1) is 0 Å². The number of hydrogen-bond donors (Lipinski definition) is 3. The molecular formula is C13H28N2O2. The summed E-state index contributed by atoms with van der Waals surface area (Å²) in [6.45, 7) is 8.84. The van der Waals surface area contributed by atoms with Gasteiger partial charge in [0.1, 0.15) is 0 Å². The van der Waals surface area contributed by atoms with E-state index in [9.17, 15) is 4.79 Å². The van der Waals surface area contributed by atoms with E-state index in [0.717, 1.165) is 12.8 Å². The van der Waals surface area contributed by atoms with Crippen LogP contribution in [0, 0.1) is 11.3 Å². The van der Waals surface area contributed by atoms with Crippen LogP contribution in [0.1, 0.15) is 47.0 Å². The monoisotopic (exact) mass is 244 g/mol. The predicted octanol–water partition coefficient (Wildman–Crippen LogP) is 1.27. The van der Waals surface area contributed by atoms with Gasteiger partial charge in [0.25, 0.3) is 0 Å². The zero-order valence-electron chi connectivity index (χ0n) is 11.6. The van der Waals surface area contributed by atoms with Crippen molar-refractivity contribution in [1.29, 1.82) is 0 Å². The zero-order valence-corrected chi connectivity index (χ0v) is 11.6. The first-order valence-corrected chi connectivity index (χ1v) is 6.44. The zero-order chi connectivity index (χ0) is 13.5. The lowest BCUT2D eigenvalue weighted by Gasteiger charge is -2.32. The van der Waals surface area contributed by atoms with E-state index in [1.54, 1.807) is 0 Å². The van der Waals surface area contributed by atoms with Crippen molar-refractivity contribution >= 4 is 5.91 Å². The summed E-state index contributed by atoms with van der Waals surface area (Å²) >= 11 is 0. The van der Waals surface area contributed by atoms with E-state index in [4.69, 9.17) is 10.8 Å². The number of carbonyl (C=O) groups excluding carboxylic acids is 1. The quantitative estimate of drug-likeness (QED) is 0.631. The molecule has 0 radical (unpaired) electrons. The predicted molar refractivity (Wildman–Crippen MR) is 70.5 cm³/mol. The Hall–Kier alpha value is -0.610. The number of nitrogens with two attached hydrogens (primary N) is 1. The maximum absolute atomic E-state index is 11.9. The maximum Gasteiger partial charge on any atom is 0.223 e. The number of hydrogen-bond acceptors (Lipinski definition) is 3. The first kappa shape index (κ1) is 16.4. The van der Waals surface area contributed by atoms with Crippen molar-refractivity contribution in [2.45, 2.75) is 53.0 Å². The Morgan fingerprint density at radius 1 is 1.35 bits per heavy atom. The summed E-state index contributed by atoms with van der Waals surface area (Å²) in [5.74, 6) is 0.0499. The van der Waals surface area contributed by atoms with Crippen LogP contribution in [-0.2, 0) is 4.79 Å². The van der Waals surface area contributed by atoms with Crippen LogP contribution in [-0.4, -0.2) is 30.2 Å². The highest BCUT2D eigenvalue weighted by Gasteiger charge is 2.27. The van der Waals surface area contributed by atoms with Crippen LogP contribution >= 0.6 is 0 Å². The number of amides is 1. The molecule has 0 aliphatic carbocycles. The normalized spacial score (nSPS) is 15.4. The fourth-order valence-electron chi connectivity index (χ4n) is 1.72. The Morgan fingerprint density at radius 3 is 2.35 bits per heavy atom. The molecule has 4 nitrogen and oxygen atoms in total. The molecule has 0 aromatic rings. The van der Waals surface area contributed by atoms with Crippen molar-refractivity contribution in [2.24, 2.45) is 17.1 Å². The van der Waals surface area contributed by atoms with Crippen LogP contribution in [0.5, 0.6) is 0 Å². The van der Waals surface area contributed by atoms with E-state index < -0.39 is 0 Å². The molecule has 2 unspecified atom stereocenters. The summed E-state index contributed by atoms with van der Waals surface area (Å²) in [4.78, 5) is 11.9. The van der Waals surface area contributed by atoms with Crippen molar-refractivity contribution < 1.29 is 9.90 Å². The Kier molecular flexibility index (Phi) is 7.39. The fourth-order valence-corrected chi connectivity index (χ4v) is 1.72. The lowest BCUT2D eigenvalue weighted by molar-refractivity contribution is -0.126.